The zero-order valence-electron chi connectivity index (χ0n) is 11.8. The Morgan fingerprint density at radius 3 is 2.57 bits per heavy atom. The first-order chi connectivity index (χ1) is 9.99. The number of fused-ring (bicyclic) bond motifs is 1. The van der Waals surface area contributed by atoms with Gasteiger partial charge in [0.05, 0.1) is 17.8 Å². The Bertz CT molecular complexity index is 767. The van der Waals surface area contributed by atoms with E-state index in [0.717, 1.165) is 11.1 Å². The van der Waals surface area contributed by atoms with Gasteiger partial charge in [0.25, 0.3) is 11.7 Å². The third-order valence-corrected chi connectivity index (χ3v) is 3.89. The van der Waals surface area contributed by atoms with Crippen LogP contribution in [0.3, 0.4) is 0 Å². The zero-order valence-corrected chi connectivity index (χ0v) is 11.8. The minimum Gasteiger partial charge on any atom is -0.300 e. The summed E-state index contributed by atoms with van der Waals surface area (Å²) < 4.78 is 13.3. The first-order valence-corrected chi connectivity index (χ1v) is 6.70. The highest BCUT2D eigenvalue weighted by molar-refractivity contribution is 6.52. The van der Waals surface area contributed by atoms with Crippen LogP contribution in [0.25, 0.3) is 0 Å². The molecule has 0 spiro atoms. The molecule has 0 unspecified atom stereocenters. The molecule has 1 aliphatic rings. The quantitative estimate of drug-likeness (QED) is 0.794. The molecule has 0 radical (unpaired) electrons. The molecular formula is C17H14FNO2. The van der Waals surface area contributed by atoms with Crippen LogP contribution in [0.1, 0.15) is 27.0 Å². The molecule has 0 atom stereocenters. The Labute approximate surface area is 122 Å². The van der Waals surface area contributed by atoms with Crippen molar-refractivity contribution < 1.29 is 14.0 Å². The highest BCUT2D eigenvalue weighted by Crippen LogP contribution is 2.35. The Morgan fingerprint density at radius 1 is 1.10 bits per heavy atom. The van der Waals surface area contributed by atoms with Crippen molar-refractivity contribution in [3.63, 3.8) is 0 Å². The molecule has 1 aliphatic heterocycles. The Kier molecular flexibility index (Phi) is 3.09. The summed E-state index contributed by atoms with van der Waals surface area (Å²) in [6.45, 7) is 4.02. The van der Waals surface area contributed by atoms with E-state index in [1.54, 1.807) is 18.2 Å². The molecular weight excluding hydrogens is 269 g/mol. The SMILES string of the molecule is Cc1ccc2c(c1C)N(Cc1cccc(F)c1)C(=O)C2=O. The van der Waals surface area contributed by atoms with E-state index < -0.39 is 11.7 Å². The van der Waals surface area contributed by atoms with Gasteiger partial charge in [-0.1, -0.05) is 18.2 Å². The molecule has 3 rings (SSSR count). The summed E-state index contributed by atoms with van der Waals surface area (Å²) in [4.78, 5) is 25.7. The lowest BCUT2D eigenvalue weighted by Crippen LogP contribution is -2.29. The molecule has 0 aromatic heterocycles. The van der Waals surface area contributed by atoms with Gasteiger partial charge in [-0.3, -0.25) is 9.59 Å². The smallest absolute Gasteiger partial charge is 0.299 e. The third kappa shape index (κ3) is 2.13. The molecule has 1 heterocycles. The topological polar surface area (TPSA) is 37.4 Å². The summed E-state index contributed by atoms with van der Waals surface area (Å²) in [5.74, 6) is -1.40. The van der Waals surface area contributed by atoms with Gasteiger partial charge < -0.3 is 4.90 Å². The van der Waals surface area contributed by atoms with Crippen molar-refractivity contribution in [3.8, 4) is 0 Å². The maximum atomic E-state index is 13.3. The first-order valence-electron chi connectivity index (χ1n) is 6.70. The number of benzene rings is 2. The van der Waals surface area contributed by atoms with Crippen molar-refractivity contribution in [2.24, 2.45) is 0 Å². The van der Waals surface area contributed by atoms with Crippen molar-refractivity contribution in [2.75, 3.05) is 4.90 Å². The number of halogens is 1. The van der Waals surface area contributed by atoms with Gasteiger partial charge in [0.1, 0.15) is 5.82 Å². The summed E-state index contributed by atoms with van der Waals surface area (Å²) in [7, 11) is 0. The Balaban J connectivity index is 2.07. The molecule has 0 fully saturated rings. The molecule has 2 aromatic rings. The summed E-state index contributed by atoms with van der Waals surface area (Å²) in [5, 5.41) is 0. The van der Waals surface area contributed by atoms with Gasteiger partial charge in [-0.15, -0.1) is 0 Å². The first kappa shape index (κ1) is 13.5. The molecule has 2 aromatic carbocycles. The molecule has 106 valence electrons. The van der Waals surface area contributed by atoms with E-state index in [4.69, 9.17) is 0 Å². The van der Waals surface area contributed by atoms with Crippen molar-refractivity contribution in [3.05, 3.63) is 64.5 Å². The third-order valence-electron chi connectivity index (χ3n) is 3.89. The van der Waals surface area contributed by atoms with Crippen LogP contribution in [-0.2, 0) is 11.3 Å². The fourth-order valence-corrected chi connectivity index (χ4v) is 2.64. The monoisotopic (exact) mass is 283 g/mol. The molecule has 0 bridgehead atoms. The number of rotatable bonds is 2. The number of nitrogens with zero attached hydrogens (tertiary/aromatic N) is 1. The van der Waals surface area contributed by atoms with Crippen molar-refractivity contribution >= 4 is 17.4 Å². The summed E-state index contributed by atoms with van der Waals surface area (Å²) >= 11 is 0. The van der Waals surface area contributed by atoms with E-state index in [2.05, 4.69) is 0 Å². The van der Waals surface area contributed by atoms with Crippen LogP contribution in [0, 0.1) is 19.7 Å². The summed E-state index contributed by atoms with van der Waals surface area (Å²) in [5.41, 5.74) is 3.65. The number of ketones is 1. The Morgan fingerprint density at radius 2 is 1.86 bits per heavy atom. The van der Waals surface area contributed by atoms with Gasteiger partial charge in [0.2, 0.25) is 0 Å². The highest BCUT2D eigenvalue weighted by atomic mass is 19.1. The molecule has 4 heteroatoms. The number of carbonyl (C=O) groups is 2. The van der Waals surface area contributed by atoms with E-state index in [1.165, 1.54) is 17.0 Å². The van der Waals surface area contributed by atoms with E-state index in [9.17, 15) is 14.0 Å². The van der Waals surface area contributed by atoms with Crippen molar-refractivity contribution in [1.29, 1.82) is 0 Å². The normalized spacial score (nSPS) is 13.8. The lowest BCUT2D eigenvalue weighted by atomic mass is 10.0. The van der Waals surface area contributed by atoms with E-state index >= 15 is 0 Å². The molecule has 0 saturated carbocycles. The average Bonchev–Trinajstić information content (AvgIpc) is 2.69. The maximum absolute atomic E-state index is 13.3. The number of aryl methyl sites for hydroxylation is 1. The number of hydrogen-bond acceptors (Lipinski definition) is 2. The van der Waals surface area contributed by atoms with Crippen LogP contribution in [0.4, 0.5) is 10.1 Å². The fraction of sp³-hybridized carbons (Fsp3) is 0.176. The molecule has 0 aliphatic carbocycles. The molecule has 0 N–H and O–H groups in total. The number of amides is 1. The van der Waals surface area contributed by atoms with Gasteiger partial charge in [-0.25, -0.2) is 4.39 Å². The van der Waals surface area contributed by atoms with Crippen LogP contribution >= 0.6 is 0 Å². The van der Waals surface area contributed by atoms with E-state index in [1.807, 2.05) is 19.9 Å². The summed E-state index contributed by atoms with van der Waals surface area (Å²) in [6.07, 6.45) is 0. The van der Waals surface area contributed by atoms with Gasteiger partial charge in [-0.2, -0.15) is 0 Å². The fourth-order valence-electron chi connectivity index (χ4n) is 2.64. The van der Waals surface area contributed by atoms with E-state index in [0.29, 0.717) is 16.8 Å². The second-order valence-corrected chi connectivity index (χ2v) is 5.25. The summed E-state index contributed by atoms with van der Waals surface area (Å²) in [6, 6.07) is 9.58. The largest absolute Gasteiger partial charge is 0.300 e. The van der Waals surface area contributed by atoms with Crippen LogP contribution < -0.4 is 4.90 Å². The van der Waals surface area contributed by atoms with Gasteiger partial charge in [-0.05, 0) is 48.7 Å². The Hall–Kier alpha value is -2.49. The molecule has 0 saturated heterocycles. The minimum absolute atomic E-state index is 0.194. The molecule has 1 amide bonds. The molecule has 21 heavy (non-hydrogen) atoms. The lowest BCUT2D eigenvalue weighted by Gasteiger charge is -2.19. The number of hydrogen-bond donors (Lipinski definition) is 0. The van der Waals surface area contributed by atoms with Crippen molar-refractivity contribution in [2.45, 2.75) is 20.4 Å². The predicted octanol–water partition coefficient (Wildman–Crippen LogP) is 3.17. The van der Waals surface area contributed by atoms with Crippen LogP contribution in [0.5, 0.6) is 0 Å². The number of Topliss-reactive ketones (excluding diaryl/α,β-unsaturated/α-hetero) is 1. The number of carbonyl (C=O) groups excluding carboxylic acids is 2. The van der Waals surface area contributed by atoms with Crippen LogP contribution in [-0.4, -0.2) is 11.7 Å². The van der Waals surface area contributed by atoms with Crippen LogP contribution in [0.2, 0.25) is 0 Å². The standard InChI is InChI=1S/C17H14FNO2/c1-10-6-7-14-15(11(10)2)19(17(21)16(14)20)9-12-4-3-5-13(18)8-12/h3-8H,9H2,1-2H3. The highest BCUT2D eigenvalue weighted by Gasteiger charge is 2.37. The number of anilines is 1. The zero-order chi connectivity index (χ0) is 15.1. The van der Waals surface area contributed by atoms with Gasteiger partial charge >= 0.3 is 0 Å². The van der Waals surface area contributed by atoms with Gasteiger partial charge in [0.15, 0.2) is 0 Å². The molecule has 3 nitrogen and oxygen atoms in total. The average molecular weight is 283 g/mol. The minimum atomic E-state index is -0.553. The van der Waals surface area contributed by atoms with Crippen molar-refractivity contribution in [1.82, 2.24) is 0 Å². The second kappa shape index (κ2) is 4.81. The van der Waals surface area contributed by atoms with E-state index in [-0.39, 0.29) is 12.4 Å². The van der Waals surface area contributed by atoms with Gasteiger partial charge in [0, 0.05) is 0 Å². The predicted molar refractivity (Wildman–Crippen MR) is 77.8 cm³/mol. The lowest BCUT2D eigenvalue weighted by molar-refractivity contribution is -0.114. The maximum Gasteiger partial charge on any atom is 0.299 e. The second-order valence-electron chi connectivity index (χ2n) is 5.25. The van der Waals surface area contributed by atoms with Crippen LogP contribution in [0.15, 0.2) is 36.4 Å².